The monoisotopic (exact) mass is 796 g/mol. The molecule has 19 atom stereocenters. The average molecular weight is 797 g/mol. The molecule has 4 aliphatic carbocycles. The first-order chi connectivity index (χ1) is 25.9. The van der Waals surface area contributed by atoms with Gasteiger partial charge in [0.25, 0.3) is 0 Å². The molecule has 8 N–H and O–H groups in total. The molecule has 0 radical (unpaired) electrons. The molecule has 0 aromatic rings. The lowest BCUT2D eigenvalue weighted by atomic mass is 9.38. The van der Waals surface area contributed by atoms with Gasteiger partial charge in [0.1, 0.15) is 42.2 Å². The molecule has 13 nitrogen and oxygen atoms in total. The molecule has 0 bridgehead atoms. The predicted molar refractivity (Wildman–Crippen MR) is 204 cm³/mol. The van der Waals surface area contributed by atoms with E-state index in [1.54, 1.807) is 20.8 Å². The van der Waals surface area contributed by atoms with Crippen molar-refractivity contribution in [3.05, 3.63) is 11.6 Å². The summed E-state index contributed by atoms with van der Waals surface area (Å²) in [5.74, 6) is 0.346. The summed E-state index contributed by atoms with van der Waals surface area (Å²) in [6, 6.07) is 0. The van der Waals surface area contributed by atoms with Gasteiger partial charge < -0.3 is 59.8 Å². The Morgan fingerprint density at radius 3 is 2.18 bits per heavy atom. The van der Waals surface area contributed by atoms with Crippen molar-refractivity contribution in [3.8, 4) is 0 Å². The van der Waals surface area contributed by atoms with Gasteiger partial charge in [0, 0.05) is 23.2 Å². The summed E-state index contributed by atoms with van der Waals surface area (Å²) in [7, 11) is 0. The number of ketones is 1. The quantitative estimate of drug-likeness (QED) is 0.141. The first-order valence-electron chi connectivity index (χ1n) is 21.2. The van der Waals surface area contributed by atoms with Crippen LogP contribution in [0.5, 0.6) is 0 Å². The predicted octanol–water partition coefficient (Wildman–Crippen LogP) is 2.60. The number of aliphatic hydroxyl groups excluding tert-OH is 7. The van der Waals surface area contributed by atoms with E-state index in [2.05, 4.69) is 47.6 Å². The van der Waals surface area contributed by atoms with Crippen molar-refractivity contribution < 1.29 is 64.6 Å². The molecule has 0 aromatic heterocycles. The van der Waals surface area contributed by atoms with Gasteiger partial charge in [0.15, 0.2) is 18.4 Å². The number of fused-ring (bicyclic) bond motifs is 5. The smallest absolute Gasteiger partial charge is 0.186 e. The summed E-state index contributed by atoms with van der Waals surface area (Å²) >= 11 is 0. The molecule has 19 unspecified atom stereocenters. The number of allylic oxidation sites excluding steroid dienone is 1. The molecule has 6 aliphatic rings. The number of Topliss-reactive ketones (excluding diaryl/α,β-unsaturated/α-hetero) is 1. The number of rotatable bonds is 11. The lowest BCUT2D eigenvalue weighted by Crippen LogP contribution is -2.65. The van der Waals surface area contributed by atoms with Crippen LogP contribution in [0.2, 0.25) is 0 Å². The third-order valence-corrected chi connectivity index (χ3v) is 16.7. The molecule has 2 aliphatic heterocycles. The maximum absolute atomic E-state index is 12.6. The fourth-order valence-corrected chi connectivity index (χ4v) is 12.7. The van der Waals surface area contributed by atoms with Crippen molar-refractivity contribution in [1.82, 2.24) is 0 Å². The Morgan fingerprint density at radius 2 is 1.54 bits per heavy atom. The summed E-state index contributed by atoms with van der Waals surface area (Å²) in [5, 5.41) is 85.0. The molecule has 0 amide bonds. The van der Waals surface area contributed by atoms with Crippen molar-refractivity contribution in [2.24, 2.45) is 51.2 Å². The third-order valence-electron chi connectivity index (χ3n) is 16.7. The molecule has 2 saturated heterocycles. The van der Waals surface area contributed by atoms with Crippen LogP contribution in [-0.4, -0.2) is 133 Å². The zero-order valence-electron chi connectivity index (χ0n) is 35.0. The van der Waals surface area contributed by atoms with Gasteiger partial charge in [0.05, 0.1) is 31.5 Å². The normalized spacial score (nSPS) is 49.7. The van der Waals surface area contributed by atoms with E-state index >= 15 is 0 Å². The molecular formula is C43H72O13. The minimum atomic E-state index is -1.62. The van der Waals surface area contributed by atoms with Crippen LogP contribution >= 0.6 is 0 Å². The van der Waals surface area contributed by atoms with Crippen molar-refractivity contribution in [3.63, 3.8) is 0 Å². The van der Waals surface area contributed by atoms with Crippen LogP contribution in [0.3, 0.4) is 0 Å². The van der Waals surface area contributed by atoms with Crippen molar-refractivity contribution >= 4 is 5.78 Å². The molecule has 6 rings (SSSR count). The number of hydrogen-bond acceptors (Lipinski definition) is 13. The van der Waals surface area contributed by atoms with Crippen LogP contribution in [0.25, 0.3) is 0 Å². The SMILES string of the molecule is CC(CCC(=O)C(C)(C)O)C1CCC2(C)C3CC=C4C(CCC(OC5OC(COC6OC(CO)C(O)C(O)C6O)C(O)C(O)C5C)C4(C)C)C3(C)C(O)CC12C. The van der Waals surface area contributed by atoms with Gasteiger partial charge in [-0.05, 0) is 93.3 Å². The highest BCUT2D eigenvalue weighted by atomic mass is 16.7. The molecule has 13 heteroatoms. The number of carbonyl (C=O) groups excluding carboxylic acids is 1. The minimum absolute atomic E-state index is 0.00524. The van der Waals surface area contributed by atoms with E-state index < -0.39 is 85.0 Å². The second-order valence-electron chi connectivity index (χ2n) is 20.4. The van der Waals surface area contributed by atoms with Crippen LogP contribution in [0.4, 0.5) is 0 Å². The number of aliphatic hydroxyl groups is 8. The Labute approximate surface area is 332 Å². The molecule has 5 fully saturated rings. The van der Waals surface area contributed by atoms with Gasteiger partial charge in [-0.3, -0.25) is 4.79 Å². The highest BCUT2D eigenvalue weighted by molar-refractivity contribution is 5.86. The third kappa shape index (κ3) is 7.19. The first kappa shape index (κ1) is 44.5. The van der Waals surface area contributed by atoms with Crippen molar-refractivity contribution in [2.75, 3.05) is 13.2 Å². The molecule has 322 valence electrons. The average Bonchev–Trinajstić information content (AvgIpc) is 3.40. The van der Waals surface area contributed by atoms with Crippen LogP contribution in [0.15, 0.2) is 11.6 Å². The molecule has 0 aromatic carbocycles. The lowest BCUT2D eigenvalue weighted by molar-refractivity contribution is -0.332. The summed E-state index contributed by atoms with van der Waals surface area (Å²) in [6.45, 7) is 17.7. The van der Waals surface area contributed by atoms with Gasteiger partial charge in [-0.1, -0.05) is 60.1 Å². The van der Waals surface area contributed by atoms with Crippen LogP contribution < -0.4 is 0 Å². The second-order valence-corrected chi connectivity index (χ2v) is 20.4. The van der Waals surface area contributed by atoms with Gasteiger partial charge in [0.2, 0.25) is 0 Å². The fraction of sp³-hybridized carbons (Fsp3) is 0.930. The van der Waals surface area contributed by atoms with Crippen LogP contribution in [-0.2, 0) is 23.7 Å². The summed E-state index contributed by atoms with van der Waals surface area (Å²) in [5.41, 5.74) is -0.948. The van der Waals surface area contributed by atoms with E-state index in [9.17, 15) is 45.6 Å². The molecule has 2 heterocycles. The minimum Gasteiger partial charge on any atom is -0.394 e. The standard InChI is InChI=1S/C43H72O13/c1-21(10-14-29(45)40(5,6)52)23-16-17-41(7)28-13-11-24-25(43(28,9)30(46)18-42(23,41)8)12-15-31(39(24,3)4)56-37-22(2)32(47)34(49)27(55-37)20-53-38-36(51)35(50)33(48)26(19-44)54-38/h11,21-23,25-28,30-38,44,46-52H,10,12-20H2,1-9H3. The Hall–Kier alpha value is -1.07. The van der Waals surface area contributed by atoms with Crippen molar-refractivity contribution in [1.29, 1.82) is 0 Å². The Balaban J connectivity index is 1.16. The summed E-state index contributed by atoms with van der Waals surface area (Å²) in [4.78, 5) is 12.6. The van der Waals surface area contributed by atoms with Gasteiger partial charge in [-0.25, -0.2) is 0 Å². The van der Waals surface area contributed by atoms with Gasteiger partial charge >= 0.3 is 0 Å². The zero-order chi connectivity index (χ0) is 41.5. The Morgan fingerprint density at radius 1 is 0.893 bits per heavy atom. The van der Waals surface area contributed by atoms with Crippen LogP contribution in [0.1, 0.15) is 114 Å². The molecular weight excluding hydrogens is 724 g/mol. The highest BCUT2D eigenvalue weighted by Gasteiger charge is 2.70. The Kier molecular flexibility index (Phi) is 12.5. The fourth-order valence-electron chi connectivity index (χ4n) is 12.7. The van der Waals surface area contributed by atoms with E-state index in [0.717, 1.165) is 32.1 Å². The topological polar surface area (TPSA) is 216 Å². The number of ether oxygens (including phenoxy) is 4. The maximum Gasteiger partial charge on any atom is 0.186 e. The number of carbonyl (C=O) groups is 1. The molecule has 0 spiro atoms. The molecule has 3 saturated carbocycles. The van der Waals surface area contributed by atoms with Crippen molar-refractivity contribution in [2.45, 2.75) is 187 Å². The summed E-state index contributed by atoms with van der Waals surface area (Å²) in [6.07, 6.45) is -4.01. The van der Waals surface area contributed by atoms with Gasteiger partial charge in [-0.15, -0.1) is 0 Å². The largest absolute Gasteiger partial charge is 0.394 e. The molecule has 56 heavy (non-hydrogen) atoms. The summed E-state index contributed by atoms with van der Waals surface area (Å²) < 4.78 is 24.2. The van der Waals surface area contributed by atoms with E-state index in [4.69, 9.17) is 18.9 Å². The highest BCUT2D eigenvalue weighted by Crippen LogP contribution is 2.75. The Bertz CT molecular complexity index is 1440. The van der Waals surface area contributed by atoms with Crippen LogP contribution in [0, 0.1) is 51.2 Å². The van der Waals surface area contributed by atoms with Gasteiger partial charge in [-0.2, -0.15) is 0 Å². The lowest BCUT2D eigenvalue weighted by Gasteiger charge is -2.67. The van der Waals surface area contributed by atoms with E-state index in [1.807, 2.05) is 0 Å². The van der Waals surface area contributed by atoms with E-state index in [1.165, 1.54) is 5.57 Å². The first-order valence-corrected chi connectivity index (χ1v) is 21.2. The maximum atomic E-state index is 12.6. The van der Waals surface area contributed by atoms with E-state index in [0.29, 0.717) is 25.2 Å². The number of hydrogen-bond donors (Lipinski definition) is 8. The zero-order valence-corrected chi connectivity index (χ0v) is 35.0. The van der Waals surface area contributed by atoms with E-state index in [-0.39, 0.29) is 52.5 Å². The second kappa shape index (κ2) is 15.8.